The molecule has 0 nitrogen and oxygen atoms in total. The fourth-order valence-corrected chi connectivity index (χ4v) is 0.970. The van der Waals surface area contributed by atoms with Crippen LogP contribution < -0.4 is 0 Å². The molecule has 0 heteroatoms. The average Bonchev–Trinajstić information content (AvgIpc) is 2.03. The van der Waals surface area contributed by atoms with Gasteiger partial charge in [0.2, 0.25) is 0 Å². The lowest BCUT2D eigenvalue weighted by Gasteiger charge is -1.98. The number of hydrogen-bond acceptors (Lipinski definition) is 0. The van der Waals surface area contributed by atoms with Gasteiger partial charge in [0, 0.05) is 0 Å². The van der Waals surface area contributed by atoms with E-state index in [0.717, 1.165) is 12.0 Å². The van der Waals surface area contributed by atoms with E-state index >= 15 is 0 Å². The maximum Gasteiger partial charge on any atom is -0.0285 e. The molecule has 0 aliphatic carbocycles. The van der Waals surface area contributed by atoms with Crippen molar-refractivity contribution in [2.45, 2.75) is 39.5 Å². The highest BCUT2D eigenvalue weighted by Gasteiger charge is 1.88. The van der Waals surface area contributed by atoms with Gasteiger partial charge in [0.05, 0.1) is 0 Å². The van der Waals surface area contributed by atoms with Crippen molar-refractivity contribution in [3.8, 4) is 0 Å². The fraction of sp³-hybridized carbons (Fsp3) is 0.500. The molecule has 0 unspecified atom stereocenters. The van der Waals surface area contributed by atoms with E-state index in [2.05, 4.69) is 26.5 Å². The Hall–Kier alpha value is -0.780. The summed E-state index contributed by atoms with van der Waals surface area (Å²) in [6.07, 6.45) is 8.51. The fourth-order valence-electron chi connectivity index (χ4n) is 0.970. The molecule has 0 saturated heterocycles. The Morgan fingerprint density at radius 2 is 2.00 bits per heavy atom. The van der Waals surface area contributed by atoms with E-state index in [1.54, 1.807) is 6.08 Å². The summed E-state index contributed by atoms with van der Waals surface area (Å²) in [6.45, 7) is 13.4. The molecule has 0 heterocycles. The first kappa shape index (κ1) is 11.2. The van der Waals surface area contributed by atoms with Crippen LogP contribution in [0.15, 0.2) is 29.9 Å². The zero-order chi connectivity index (χ0) is 9.40. The first-order valence-electron chi connectivity index (χ1n) is 4.53. The Morgan fingerprint density at radius 1 is 1.33 bits per heavy atom. The zero-order valence-corrected chi connectivity index (χ0v) is 8.27. The Bertz CT molecular complexity index is 168. The first-order valence-corrected chi connectivity index (χ1v) is 4.53. The van der Waals surface area contributed by atoms with Crippen molar-refractivity contribution in [1.82, 2.24) is 0 Å². The highest BCUT2D eigenvalue weighted by molar-refractivity contribution is 5.08. The van der Waals surface area contributed by atoms with Gasteiger partial charge in [0.1, 0.15) is 0 Å². The molecule has 0 spiro atoms. The van der Waals surface area contributed by atoms with Crippen LogP contribution in [-0.4, -0.2) is 0 Å². The maximum atomic E-state index is 5.30. The van der Waals surface area contributed by atoms with Crippen LogP contribution in [0.5, 0.6) is 0 Å². The van der Waals surface area contributed by atoms with Gasteiger partial charge in [0.15, 0.2) is 0 Å². The molecule has 0 aliphatic heterocycles. The molecule has 0 fully saturated rings. The minimum atomic E-state index is 1.03. The van der Waals surface area contributed by atoms with Crippen LogP contribution in [0.4, 0.5) is 0 Å². The molecular formula is C12H19. The summed E-state index contributed by atoms with van der Waals surface area (Å²) in [5.74, 6) is 0. The molecule has 0 N–H and O–H groups in total. The van der Waals surface area contributed by atoms with Gasteiger partial charge >= 0.3 is 0 Å². The molecule has 1 radical (unpaired) electrons. The van der Waals surface area contributed by atoms with Crippen LogP contribution >= 0.6 is 0 Å². The van der Waals surface area contributed by atoms with Crippen molar-refractivity contribution in [3.63, 3.8) is 0 Å². The molecular weight excluding hydrogens is 144 g/mol. The van der Waals surface area contributed by atoms with Crippen molar-refractivity contribution in [3.05, 3.63) is 36.5 Å². The number of unbranched alkanes of at least 4 members (excludes halogenated alkanes) is 2. The van der Waals surface area contributed by atoms with Crippen LogP contribution in [0.25, 0.3) is 0 Å². The zero-order valence-electron chi connectivity index (χ0n) is 8.27. The van der Waals surface area contributed by atoms with Gasteiger partial charge in [-0.25, -0.2) is 0 Å². The minimum absolute atomic E-state index is 1.03. The summed E-state index contributed by atoms with van der Waals surface area (Å²) in [7, 11) is 0. The third-order valence-corrected chi connectivity index (χ3v) is 1.74. The van der Waals surface area contributed by atoms with E-state index in [4.69, 9.17) is 6.58 Å². The molecule has 67 valence electrons. The van der Waals surface area contributed by atoms with Gasteiger partial charge in [-0.3, -0.25) is 0 Å². The Morgan fingerprint density at radius 3 is 2.50 bits per heavy atom. The summed E-state index contributed by atoms with van der Waals surface area (Å²) in [4.78, 5) is 0. The summed E-state index contributed by atoms with van der Waals surface area (Å²) < 4.78 is 0. The molecule has 0 rings (SSSR count). The normalized spacial score (nSPS) is 9.17. The van der Waals surface area contributed by atoms with Crippen molar-refractivity contribution in [1.29, 1.82) is 0 Å². The monoisotopic (exact) mass is 163 g/mol. The van der Waals surface area contributed by atoms with Crippen molar-refractivity contribution in [2.75, 3.05) is 0 Å². The van der Waals surface area contributed by atoms with E-state index in [1.165, 1.54) is 24.8 Å². The second-order valence-corrected chi connectivity index (χ2v) is 3.35. The van der Waals surface area contributed by atoms with Gasteiger partial charge < -0.3 is 0 Å². The predicted molar refractivity (Wildman–Crippen MR) is 55.9 cm³/mol. The molecule has 12 heavy (non-hydrogen) atoms. The van der Waals surface area contributed by atoms with E-state index < -0.39 is 0 Å². The lowest BCUT2D eigenvalue weighted by molar-refractivity contribution is 0.748. The molecule has 0 aromatic heterocycles. The highest BCUT2D eigenvalue weighted by Crippen LogP contribution is 2.08. The average molecular weight is 163 g/mol. The maximum absolute atomic E-state index is 5.30. The Balaban J connectivity index is 3.28. The van der Waals surface area contributed by atoms with Crippen molar-refractivity contribution in [2.24, 2.45) is 0 Å². The summed E-state index contributed by atoms with van der Waals surface area (Å²) in [5, 5.41) is 0. The molecule has 0 bridgehead atoms. The second-order valence-electron chi connectivity index (χ2n) is 3.35. The van der Waals surface area contributed by atoms with Gasteiger partial charge in [-0.2, -0.15) is 0 Å². The minimum Gasteiger partial charge on any atom is -0.0958 e. The molecule has 0 atom stereocenters. The van der Waals surface area contributed by atoms with Gasteiger partial charge in [-0.15, -0.1) is 0 Å². The van der Waals surface area contributed by atoms with E-state index in [-0.39, 0.29) is 0 Å². The summed E-state index contributed by atoms with van der Waals surface area (Å²) in [5.41, 5.74) is 2.45. The van der Waals surface area contributed by atoms with Crippen LogP contribution in [0.2, 0.25) is 0 Å². The molecule has 0 saturated carbocycles. The summed E-state index contributed by atoms with van der Waals surface area (Å²) in [6, 6.07) is 0. The van der Waals surface area contributed by atoms with E-state index in [0.29, 0.717) is 0 Å². The highest BCUT2D eigenvalue weighted by atomic mass is 13.9. The second kappa shape index (κ2) is 6.90. The van der Waals surface area contributed by atoms with E-state index in [1.807, 2.05) is 0 Å². The first-order chi connectivity index (χ1) is 5.66. The lowest BCUT2D eigenvalue weighted by atomic mass is 10.1. The molecule has 0 aromatic rings. The molecule has 0 aromatic carbocycles. The standard InChI is InChI=1S/C12H19/c1-5-12(4)10-8-6-7-9-11(2)3/h1,5,9H,4,6-8,10H2,2-3H3. The number of hydrogen-bond donors (Lipinski definition) is 0. The van der Waals surface area contributed by atoms with Crippen LogP contribution in [0.3, 0.4) is 0 Å². The topological polar surface area (TPSA) is 0 Å². The van der Waals surface area contributed by atoms with E-state index in [9.17, 15) is 0 Å². The number of rotatable bonds is 6. The molecule has 0 amide bonds. The van der Waals surface area contributed by atoms with Crippen LogP contribution in [0, 0.1) is 6.58 Å². The van der Waals surface area contributed by atoms with Crippen LogP contribution in [0.1, 0.15) is 39.5 Å². The summed E-state index contributed by atoms with van der Waals surface area (Å²) >= 11 is 0. The number of allylic oxidation sites excluding steroid dienone is 4. The SMILES string of the molecule is [CH]=CC(=C)CCCCC=C(C)C. The quantitative estimate of drug-likeness (QED) is 0.315. The van der Waals surface area contributed by atoms with Gasteiger partial charge in [0.25, 0.3) is 0 Å². The third-order valence-electron chi connectivity index (χ3n) is 1.74. The predicted octanol–water partition coefficient (Wildman–Crippen LogP) is 4.06. The third kappa shape index (κ3) is 7.33. The van der Waals surface area contributed by atoms with Gasteiger partial charge in [-0.1, -0.05) is 36.5 Å². The van der Waals surface area contributed by atoms with Crippen molar-refractivity contribution < 1.29 is 0 Å². The molecule has 0 aliphatic rings. The smallest absolute Gasteiger partial charge is 0.0285 e. The lowest BCUT2D eigenvalue weighted by Crippen LogP contribution is -1.78. The van der Waals surface area contributed by atoms with Crippen LogP contribution in [-0.2, 0) is 0 Å². The Labute approximate surface area is 76.7 Å². The van der Waals surface area contributed by atoms with Crippen molar-refractivity contribution >= 4 is 0 Å². The largest absolute Gasteiger partial charge is 0.0958 e. The van der Waals surface area contributed by atoms with Gasteiger partial charge in [-0.05, 0) is 39.5 Å². The Kier molecular flexibility index (Phi) is 6.45.